The lowest BCUT2D eigenvalue weighted by Crippen LogP contribution is -2.63. The molecule has 0 unspecified atom stereocenters. The number of hydrogen-bond donors (Lipinski definition) is 2. The number of benzene rings is 1. The number of epoxide rings is 1. The number of hydrogen-bond acceptors (Lipinski definition) is 12. The van der Waals surface area contributed by atoms with Crippen molar-refractivity contribution in [1.29, 1.82) is 0 Å². The van der Waals surface area contributed by atoms with Crippen molar-refractivity contribution in [3.8, 4) is 5.75 Å². The summed E-state index contributed by atoms with van der Waals surface area (Å²) in [4.78, 5) is 81.6. The zero-order chi connectivity index (χ0) is 43.4. The van der Waals surface area contributed by atoms with E-state index in [1.165, 1.54) is 50.1 Å². The number of carbonyl (C=O) groups is 6. The molecule has 5 amide bonds. The molecule has 0 spiro atoms. The number of anilines is 1. The van der Waals surface area contributed by atoms with Crippen molar-refractivity contribution >= 4 is 53.0 Å². The molecule has 0 radical (unpaired) electrons. The number of nitrogens with one attached hydrogen (secondary N) is 1. The molecule has 4 aliphatic rings. The van der Waals surface area contributed by atoms with Crippen LogP contribution in [-0.4, -0.2) is 127 Å². The number of esters is 1. The predicted molar refractivity (Wildman–Crippen MR) is 215 cm³/mol. The van der Waals surface area contributed by atoms with E-state index >= 15 is 0 Å². The number of rotatable bonds is 11. The van der Waals surface area contributed by atoms with Crippen molar-refractivity contribution in [2.24, 2.45) is 5.92 Å². The van der Waals surface area contributed by atoms with E-state index in [4.69, 9.17) is 35.3 Å². The Morgan fingerprint density at radius 2 is 1.81 bits per heavy atom. The molecule has 59 heavy (non-hydrogen) atoms. The Hall–Kier alpha value is -4.77. The Labute approximate surface area is 349 Å². The number of carbonyl (C=O) groups excluding carboxylic acids is 6. The van der Waals surface area contributed by atoms with E-state index in [9.17, 15) is 33.9 Å². The third-order valence-corrected chi connectivity index (χ3v) is 12.1. The van der Waals surface area contributed by atoms with Crippen LogP contribution in [0.15, 0.2) is 48.1 Å². The van der Waals surface area contributed by atoms with Crippen molar-refractivity contribution in [3.63, 3.8) is 0 Å². The van der Waals surface area contributed by atoms with E-state index in [-0.39, 0.29) is 48.6 Å². The van der Waals surface area contributed by atoms with E-state index in [1.807, 2.05) is 13.0 Å². The van der Waals surface area contributed by atoms with Gasteiger partial charge in [-0.2, -0.15) is 0 Å². The largest absolute Gasteiger partial charge is 0.495 e. The second-order valence-electron chi connectivity index (χ2n) is 15.9. The van der Waals surface area contributed by atoms with Gasteiger partial charge in [-0.25, -0.2) is 9.59 Å². The van der Waals surface area contributed by atoms with Crippen LogP contribution in [0.1, 0.15) is 71.8 Å². The smallest absolute Gasteiger partial charge is 0.409 e. The van der Waals surface area contributed by atoms with E-state index < -0.39 is 65.7 Å². The molecule has 8 atom stereocenters. The summed E-state index contributed by atoms with van der Waals surface area (Å²) in [6.07, 6.45) is 4.78. The number of allylic oxidation sites excluding steroid dienone is 3. The lowest BCUT2D eigenvalue weighted by atomic mass is 9.83. The first-order chi connectivity index (χ1) is 27.8. The zero-order valence-corrected chi connectivity index (χ0v) is 35.6. The molecule has 17 heteroatoms. The van der Waals surface area contributed by atoms with Crippen LogP contribution in [-0.2, 0) is 49.3 Å². The Bertz CT molecular complexity index is 1900. The number of alkyl carbamates (subject to hydrolysis) is 1. The lowest BCUT2D eigenvalue weighted by molar-refractivity contribution is -0.162. The maximum absolute atomic E-state index is 14.2. The Morgan fingerprint density at radius 1 is 1.12 bits per heavy atom. The van der Waals surface area contributed by atoms with Gasteiger partial charge in [-0.3, -0.25) is 29.4 Å². The second-order valence-corrected chi connectivity index (χ2v) is 16.3. The molecule has 2 saturated heterocycles. The highest BCUT2D eigenvalue weighted by molar-refractivity contribution is 6.35. The van der Waals surface area contributed by atoms with Crippen LogP contribution in [0, 0.1) is 5.92 Å². The average molecular weight is 843 g/mol. The van der Waals surface area contributed by atoms with Crippen molar-refractivity contribution in [2.45, 2.75) is 114 Å². The lowest BCUT2D eigenvalue weighted by Gasteiger charge is -2.42. The van der Waals surface area contributed by atoms with Gasteiger partial charge in [0, 0.05) is 58.7 Å². The van der Waals surface area contributed by atoms with Crippen molar-refractivity contribution in [1.82, 2.24) is 15.1 Å². The molecular weight excluding hydrogens is 788 g/mol. The van der Waals surface area contributed by atoms with Crippen LogP contribution in [0.2, 0.25) is 5.02 Å². The number of amides is 5. The molecular formula is C42H55ClN4O12. The Kier molecular flexibility index (Phi) is 14.3. The fourth-order valence-electron chi connectivity index (χ4n) is 7.77. The van der Waals surface area contributed by atoms with Crippen LogP contribution in [0.4, 0.5) is 10.5 Å². The highest BCUT2D eigenvalue weighted by Crippen LogP contribution is 2.49. The molecule has 4 heterocycles. The fraction of sp³-hybridized carbons (Fsp3) is 0.571. The van der Waals surface area contributed by atoms with Gasteiger partial charge < -0.3 is 38.6 Å². The van der Waals surface area contributed by atoms with E-state index in [2.05, 4.69) is 5.32 Å². The van der Waals surface area contributed by atoms with Gasteiger partial charge in [0.25, 0.3) is 11.8 Å². The van der Waals surface area contributed by atoms with Gasteiger partial charge in [0.1, 0.15) is 40.7 Å². The number of likely N-dealkylation sites (N-methyl/N-ethyl adjacent to an activating group) is 1. The summed E-state index contributed by atoms with van der Waals surface area (Å²) in [5.41, 5.74) is -1.05. The molecule has 0 saturated carbocycles. The maximum Gasteiger partial charge on any atom is 0.409 e. The first-order valence-electron chi connectivity index (χ1n) is 19.7. The van der Waals surface area contributed by atoms with Gasteiger partial charge in [-0.15, -0.1) is 0 Å². The summed E-state index contributed by atoms with van der Waals surface area (Å²) in [5.74, 6) is -2.49. The first kappa shape index (κ1) is 45.3. The second kappa shape index (κ2) is 18.7. The number of methoxy groups -OCH3 is 2. The van der Waals surface area contributed by atoms with Gasteiger partial charge in [0.15, 0.2) is 5.72 Å². The van der Waals surface area contributed by atoms with Crippen molar-refractivity contribution in [2.75, 3.05) is 39.8 Å². The summed E-state index contributed by atoms with van der Waals surface area (Å²) < 4.78 is 29.3. The molecule has 4 bridgehead atoms. The van der Waals surface area contributed by atoms with Crippen LogP contribution < -0.4 is 15.0 Å². The molecule has 0 aliphatic carbocycles. The normalized spacial score (nSPS) is 30.4. The number of unbranched alkanes of at least 4 members (excludes halogenated alkanes) is 2. The summed E-state index contributed by atoms with van der Waals surface area (Å²) in [6.45, 7) is 7.16. The highest BCUT2D eigenvalue weighted by atomic mass is 35.5. The number of fused-ring (bicyclic) bond motifs is 5. The SMILES string of the molecule is COc1cc2cc(c1Cl)N(C)C(=O)C[C@H](OC(=O)[C@H](C)N(C)C(=O)CCCCCN1C(=O)C=CC1=O)[C@]1(C)O[C@H]1[C@H](C)[C@@H]1C[C@@](O)(NC(=O)O1)[C@H](OC)/C=C/C=C(\C)C2. The highest BCUT2D eigenvalue weighted by Gasteiger charge is 2.64. The average Bonchev–Trinajstić information content (AvgIpc) is 3.79. The summed E-state index contributed by atoms with van der Waals surface area (Å²) in [5, 5.41) is 14.5. The van der Waals surface area contributed by atoms with Gasteiger partial charge in [-0.05, 0) is 57.7 Å². The number of nitrogens with zero attached hydrogens (tertiary/aromatic N) is 3. The molecule has 2 N–H and O–H groups in total. The minimum absolute atomic E-state index is 0.0761. The maximum atomic E-state index is 14.2. The summed E-state index contributed by atoms with van der Waals surface area (Å²) in [6, 6.07) is 2.50. The van der Waals surface area contributed by atoms with E-state index in [0.717, 1.165) is 16.0 Å². The van der Waals surface area contributed by atoms with Crippen molar-refractivity contribution < 1.29 is 57.6 Å². The third-order valence-electron chi connectivity index (χ3n) is 11.7. The standard InChI is InChI=1S/C42H55ClN4O12/c1-24-13-12-14-31(56-8)42(54)23-30(57-40(53)44-42)25(2)38-41(4,59-38)32(22-36(51)46(6)28-20-27(19-24)21-29(55-7)37(28)43)58-39(52)26(3)45(5)33(48)15-10-9-11-18-47-34(49)16-17-35(47)50/h12-14,16-17,20-21,25-26,30-32,38,54H,9-11,15,18-19,22-23H2,1-8H3,(H,44,53)/b14-12+,24-13+/t25-,26+,30+,31-,32+,38+,41+,42+/m1/s1. The third kappa shape index (κ3) is 10.2. The minimum atomic E-state index is -1.85. The number of ether oxygens (including phenoxy) is 5. The van der Waals surface area contributed by atoms with Gasteiger partial charge in [0.05, 0.1) is 25.3 Å². The Morgan fingerprint density at radius 3 is 2.47 bits per heavy atom. The summed E-state index contributed by atoms with van der Waals surface area (Å²) >= 11 is 6.77. The molecule has 1 aromatic carbocycles. The zero-order valence-electron chi connectivity index (χ0n) is 34.8. The van der Waals surface area contributed by atoms with Gasteiger partial charge in [0.2, 0.25) is 11.8 Å². The fourth-order valence-corrected chi connectivity index (χ4v) is 8.08. The van der Waals surface area contributed by atoms with Crippen LogP contribution in [0.3, 0.4) is 0 Å². The van der Waals surface area contributed by atoms with Crippen LogP contribution >= 0.6 is 11.6 Å². The van der Waals surface area contributed by atoms with Gasteiger partial charge in [-0.1, -0.05) is 48.7 Å². The number of imide groups is 1. The Balaban J connectivity index is 1.39. The quantitative estimate of drug-likeness (QED) is 0.141. The molecule has 0 aromatic heterocycles. The molecule has 322 valence electrons. The van der Waals surface area contributed by atoms with Crippen LogP contribution in [0.25, 0.3) is 0 Å². The predicted octanol–water partition coefficient (Wildman–Crippen LogP) is 4.00. The van der Waals surface area contributed by atoms with Gasteiger partial charge >= 0.3 is 12.1 Å². The number of halogens is 1. The topological polar surface area (TPSA) is 194 Å². The molecule has 4 aliphatic heterocycles. The monoisotopic (exact) mass is 842 g/mol. The first-order valence-corrected chi connectivity index (χ1v) is 20.1. The molecule has 2 fully saturated rings. The minimum Gasteiger partial charge on any atom is -0.495 e. The van der Waals surface area contributed by atoms with E-state index in [1.54, 1.807) is 45.2 Å². The van der Waals surface area contributed by atoms with Crippen LogP contribution in [0.5, 0.6) is 5.75 Å². The molecule has 16 nitrogen and oxygen atoms in total. The number of aliphatic hydroxyl groups is 1. The summed E-state index contributed by atoms with van der Waals surface area (Å²) in [7, 11) is 5.94. The molecule has 1 aromatic rings. The molecule has 5 rings (SSSR count). The van der Waals surface area contributed by atoms with E-state index in [0.29, 0.717) is 37.1 Å². The van der Waals surface area contributed by atoms with Crippen molar-refractivity contribution in [3.05, 3.63) is 58.7 Å².